The minimum atomic E-state index is -3.76. The molecule has 0 saturated carbocycles. The number of aliphatic hydroxyl groups is 1. The first-order valence-corrected chi connectivity index (χ1v) is 9.31. The molecule has 132 valence electrons. The van der Waals surface area contributed by atoms with E-state index in [9.17, 15) is 13.5 Å². The fourth-order valence-electron chi connectivity index (χ4n) is 2.61. The van der Waals surface area contributed by atoms with Crippen LogP contribution in [0.3, 0.4) is 0 Å². The number of hydrogen-bond donors (Lipinski definition) is 2. The van der Waals surface area contributed by atoms with Gasteiger partial charge in [0.15, 0.2) is 16.5 Å². The van der Waals surface area contributed by atoms with Crippen LogP contribution in [0.5, 0.6) is 0 Å². The molecule has 0 bridgehead atoms. The standard InChI is InChI=1S/C14H21N5O4S/c1-4-10-16-13(23-18-10)14(20)5-6-19(8-14)24(21,22)11-7-15-12(17-11)9(2)3/h7,9,20H,4-6,8H2,1-3H3,(H,15,17)/t14-/m1/s1. The highest BCUT2D eigenvalue weighted by Gasteiger charge is 2.47. The van der Waals surface area contributed by atoms with Crippen molar-refractivity contribution in [1.82, 2.24) is 24.4 Å². The predicted molar refractivity (Wildman–Crippen MR) is 83.6 cm³/mol. The molecule has 0 unspecified atom stereocenters. The first-order valence-electron chi connectivity index (χ1n) is 7.87. The Morgan fingerprint density at radius 3 is 2.83 bits per heavy atom. The lowest BCUT2D eigenvalue weighted by Gasteiger charge is -2.19. The fourth-order valence-corrected chi connectivity index (χ4v) is 4.02. The smallest absolute Gasteiger partial charge is 0.260 e. The maximum atomic E-state index is 12.7. The van der Waals surface area contributed by atoms with Gasteiger partial charge in [0, 0.05) is 25.3 Å². The number of aromatic amines is 1. The first-order chi connectivity index (χ1) is 11.3. The second kappa shape index (κ2) is 5.94. The lowest BCUT2D eigenvalue weighted by Crippen LogP contribution is -2.34. The first kappa shape index (κ1) is 17.1. The molecule has 2 aromatic rings. The Balaban J connectivity index is 1.83. The minimum Gasteiger partial charge on any atom is -0.379 e. The van der Waals surface area contributed by atoms with Crippen molar-refractivity contribution in [2.24, 2.45) is 0 Å². The third kappa shape index (κ3) is 2.85. The van der Waals surface area contributed by atoms with Crippen LogP contribution in [-0.2, 0) is 22.0 Å². The number of nitrogens with zero attached hydrogens (tertiary/aromatic N) is 4. The summed E-state index contributed by atoms with van der Waals surface area (Å²) in [6.07, 6.45) is 2.08. The topological polar surface area (TPSA) is 125 Å². The van der Waals surface area contributed by atoms with Gasteiger partial charge in [-0.25, -0.2) is 13.4 Å². The average Bonchev–Trinajstić information content (AvgIpc) is 3.26. The normalized spacial score (nSPS) is 22.5. The fraction of sp³-hybridized carbons (Fsp3) is 0.643. The van der Waals surface area contributed by atoms with Gasteiger partial charge < -0.3 is 14.6 Å². The number of rotatable bonds is 5. The Hall–Kier alpha value is -1.78. The van der Waals surface area contributed by atoms with Crippen LogP contribution in [0.15, 0.2) is 15.7 Å². The van der Waals surface area contributed by atoms with E-state index in [1.54, 1.807) is 0 Å². The molecule has 1 saturated heterocycles. The number of aryl methyl sites for hydroxylation is 1. The van der Waals surface area contributed by atoms with Gasteiger partial charge in [-0.15, -0.1) is 0 Å². The minimum absolute atomic E-state index is 0.0234. The molecule has 0 radical (unpaired) electrons. The number of imidazole rings is 1. The highest BCUT2D eigenvalue weighted by Crippen LogP contribution is 2.34. The van der Waals surface area contributed by atoms with Crippen LogP contribution in [0.25, 0.3) is 0 Å². The Morgan fingerprint density at radius 1 is 1.50 bits per heavy atom. The zero-order valence-corrected chi connectivity index (χ0v) is 14.7. The third-order valence-electron chi connectivity index (χ3n) is 4.13. The molecule has 1 aliphatic heterocycles. The van der Waals surface area contributed by atoms with Crippen molar-refractivity contribution in [3.05, 3.63) is 23.7 Å². The van der Waals surface area contributed by atoms with Crippen LogP contribution < -0.4 is 0 Å². The molecule has 24 heavy (non-hydrogen) atoms. The van der Waals surface area contributed by atoms with E-state index in [4.69, 9.17) is 4.52 Å². The van der Waals surface area contributed by atoms with Crippen LogP contribution in [0.1, 0.15) is 50.6 Å². The Labute approximate surface area is 140 Å². The van der Waals surface area contributed by atoms with E-state index >= 15 is 0 Å². The van der Waals surface area contributed by atoms with Gasteiger partial charge in [-0.2, -0.15) is 9.29 Å². The van der Waals surface area contributed by atoms with Gasteiger partial charge in [0.05, 0.1) is 12.7 Å². The summed E-state index contributed by atoms with van der Waals surface area (Å²) in [7, 11) is -3.76. The summed E-state index contributed by atoms with van der Waals surface area (Å²) in [4.78, 5) is 11.1. The quantitative estimate of drug-likeness (QED) is 0.811. The molecule has 0 aliphatic carbocycles. The maximum absolute atomic E-state index is 12.7. The van der Waals surface area contributed by atoms with Gasteiger partial charge in [-0.05, 0) is 0 Å². The van der Waals surface area contributed by atoms with Crippen LogP contribution in [0.2, 0.25) is 0 Å². The Bertz CT molecular complexity index is 828. The van der Waals surface area contributed by atoms with Crippen molar-refractivity contribution in [1.29, 1.82) is 0 Å². The van der Waals surface area contributed by atoms with Crippen molar-refractivity contribution in [2.75, 3.05) is 13.1 Å². The molecule has 0 amide bonds. The average molecular weight is 355 g/mol. The van der Waals surface area contributed by atoms with Gasteiger partial charge >= 0.3 is 0 Å². The second-order valence-electron chi connectivity index (χ2n) is 6.28. The zero-order valence-electron chi connectivity index (χ0n) is 13.9. The Kier molecular flexibility index (Phi) is 4.22. The van der Waals surface area contributed by atoms with Crippen LogP contribution in [-0.4, -0.2) is 51.0 Å². The van der Waals surface area contributed by atoms with E-state index in [2.05, 4.69) is 20.1 Å². The SMILES string of the molecule is CCc1noc([C@@]2(O)CCN(S(=O)(=O)c3cnc(C(C)C)[nH]3)C2)n1. The highest BCUT2D eigenvalue weighted by atomic mass is 32.2. The molecule has 3 heterocycles. The van der Waals surface area contributed by atoms with E-state index in [0.29, 0.717) is 18.1 Å². The summed E-state index contributed by atoms with van der Waals surface area (Å²) >= 11 is 0. The number of nitrogens with one attached hydrogen (secondary N) is 1. The molecule has 2 aromatic heterocycles. The van der Waals surface area contributed by atoms with E-state index in [-0.39, 0.29) is 36.3 Å². The molecule has 3 rings (SSSR count). The largest absolute Gasteiger partial charge is 0.379 e. The number of hydrogen-bond acceptors (Lipinski definition) is 7. The summed E-state index contributed by atoms with van der Waals surface area (Å²) in [5.41, 5.74) is -1.46. The van der Waals surface area contributed by atoms with E-state index in [1.165, 1.54) is 10.5 Å². The molecule has 10 heteroatoms. The monoisotopic (exact) mass is 355 g/mol. The lowest BCUT2D eigenvalue weighted by molar-refractivity contribution is 0.0194. The van der Waals surface area contributed by atoms with Crippen LogP contribution >= 0.6 is 0 Å². The molecule has 0 aromatic carbocycles. The summed E-state index contributed by atoms with van der Waals surface area (Å²) in [5.74, 6) is 1.24. The zero-order chi connectivity index (χ0) is 17.5. The summed E-state index contributed by atoms with van der Waals surface area (Å²) in [6.45, 7) is 5.75. The number of aromatic nitrogens is 4. The highest BCUT2D eigenvalue weighted by molar-refractivity contribution is 7.89. The summed E-state index contributed by atoms with van der Waals surface area (Å²) in [5, 5.41) is 14.5. The maximum Gasteiger partial charge on any atom is 0.260 e. The third-order valence-corrected chi connectivity index (χ3v) is 5.89. The van der Waals surface area contributed by atoms with Crippen LogP contribution in [0, 0.1) is 0 Å². The number of sulfonamides is 1. The molecular formula is C14H21N5O4S. The van der Waals surface area contributed by atoms with Crippen molar-refractivity contribution in [2.45, 2.75) is 50.2 Å². The van der Waals surface area contributed by atoms with E-state index in [1.807, 2.05) is 20.8 Å². The van der Waals surface area contributed by atoms with Gasteiger partial charge in [-0.1, -0.05) is 25.9 Å². The van der Waals surface area contributed by atoms with Crippen molar-refractivity contribution in [3.8, 4) is 0 Å². The second-order valence-corrected chi connectivity index (χ2v) is 8.18. The lowest BCUT2D eigenvalue weighted by atomic mass is 10.0. The molecule has 1 aliphatic rings. The van der Waals surface area contributed by atoms with Gasteiger partial charge in [-0.3, -0.25) is 0 Å². The molecule has 1 atom stereocenters. The summed E-state index contributed by atoms with van der Waals surface area (Å²) < 4.78 is 31.8. The van der Waals surface area contributed by atoms with Crippen LogP contribution in [0.4, 0.5) is 0 Å². The molecule has 2 N–H and O–H groups in total. The van der Waals surface area contributed by atoms with Crippen molar-refractivity contribution >= 4 is 10.0 Å². The number of H-pyrrole nitrogens is 1. The van der Waals surface area contributed by atoms with E-state index in [0.717, 1.165) is 0 Å². The molecule has 1 fully saturated rings. The van der Waals surface area contributed by atoms with Crippen molar-refractivity contribution < 1.29 is 18.0 Å². The molecule has 9 nitrogen and oxygen atoms in total. The van der Waals surface area contributed by atoms with Gasteiger partial charge in [0.2, 0.25) is 0 Å². The molecule has 0 spiro atoms. The van der Waals surface area contributed by atoms with Gasteiger partial charge in [0.1, 0.15) is 5.82 Å². The molecular weight excluding hydrogens is 334 g/mol. The van der Waals surface area contributed by atoms with E-state index < -0.39 is 15.6 Å². The van der Waals surface area contributed by atoms with Gasteiger partial charge in [0.25, 0.3) is 15.9 Å². The Morgan fingerprint density at radius 2 is 2.25 bits per heavy atom. The van der Waals surface area contributed by atoms with Crippen molar-refractivity contribution in [3.63, 3.8) is 0 Å². The summed E-state index contributed by atoms with van der Waals surface area (Å²) in [6, 6.07) is 0. The predicted octanol–water partition coefficient (Wildman–Crippen LogP) is 0.761. The number of β-amino-alcohol motifs (C(OH)–C–C–N with tert-alkyl or cyclic N) is 1.